The molecule has 0 aliphatic rings. The molecule has 0 spiro atoms. The van der Waals surface area contributed by atoms with E-state index in [9.17, 15) is 23.2 Å². The van der Waals surface area contributed by atoms with Crippen molar-refractivity contribution in [3.8, 4) is 0 Å². The average molecular weight is 415 g/mol. The quantitative estimate of drug-likeness (QED) is 0.422. The standard InChI is InChI=1S/C20H19F2N5O3/c1-12-18(27-10-3-2-5-16(27)24-12)20(30)26-25-17(28)6-4-9-23-19(29)14-8-7-13(21)11-15(14)22/h2-3,5,7-8,10-11H,4,6,9H2,1H3,(H,23,29)(H,25,28)(H,26,30). The lowest BCUT2D eigenvalue weighted by molar-refractivity contribution is -0.121. The number of hydrogen-bond acceptors (Lipinski definition) is 4. The second kappa shape index (κ2) is 9.12. The van der Waals surface area contributed by atoms with Crippen LogP contribution in [0.15, 0.2) is 42.6 Å². The van der Waals surface area contributed by atoms with E-state index in [0.717, 1.165) is 12.1 Å². The molecule has 3 amide bonds. The second-order valence-corrected chi connectivity index (χ2v) is 6.46. The van der Waals surface area contributed by atoms with Gasteiger partial charge in [0.1, 0.15) is 23.0 Å². The zero-order chi connectivity index (χ0) is 21.7. The summed E-state index contributed by atoms with van der Waals surface area (Å²) >= 11 is 0. The van der Waals surface area contributed by atoms with Crippen molar-refractivity contribution in [3.63, 3.8) is 0 Å². The summed E-state index contributed by atoms with van der Waals surface area (Å²) in [5, 5.41) is 2.45. The SMILES string of the molecule is Cc1nc2ccccn2c1C(=O)NNC(=O)CCCNC(=O)c1ccc(F)cc1F. The Bertz CT molecular complexity index is 1110. The molecule has 30 heavy (non-hydrogen) atoms. The highest BCUT2D eigenvalue weighted by Gasteiger charge is 2.17. The highest BCUT2D eigenvalue weighted by molar-refractivity contribution is 5.96. The first kappa shape index (κ1) is 20.9. The van der Waals surface area contributed by atoms with E-state index >= 15 is 0 Å². The number of nitrogens with one attached hydrogen (secondary N) is 3. The van der Waals surface area contributed by atoms with Crippen LogP contribution < -0.4 is 16.2 Å². The predicted molar refractivity (Wildman–Crippen MR) is 103 cm³/mol. The number of aryl methyl sites for hydroxylation is 1. The molecule has 3 N–H and O–H groups in total. The number of hydrogen-bond donors (Lipinski definition) is 3. The van der Waals surface area contributed by atoms with Gasteiger partial charge in [-0.3, -0.25) is 29.6 Å². The number of rotatable bonds is 6. The fraction of sp³-hybridized carbons (Fsp3) is 0.200. The number of hydrazine groups is 1. The predicted octanol–water partition coefficient (Wildman–Crippen LogP) is 1.89. The number of aromatic nitrogens is 2. The van der Waals surface area contributed by atoms with Gasteiger partial charge in [-0.05, 0) is 37.6 Å². The number of fused-ring (bicyclic) bond motifs is 1. The second-order valence-electron chi connectivity index (χ2n) is 6.46. The van der Waals surface area contributed by atoms with Crippen LogP contribution in [-0.4, -0.2) is 33.7 Å². The molecule has 8 nitrogen and oxygen atoms in total. The Morgan fingerprint density at radius 1 is 1.07 bits per heavy atom. The Morgan fingerprint density at radius 2 is 1.87 bits per heavy atom. The number of imidazole rings is 1. The number of benzene rings is 1. The summed E-state index contributed by atoms with van der Waals surface area (Å²) in [6.45, 7) is 1.79. The molecule has 3 rings (SSSR count). The number of pyridine rings is 1. The normalized spacial score (nSPS) is 10.6. The van der Waals surface area contributed by atoms with Crippen LogP contribution in [0.4, 0.5) is 8.78 Å². The number of carbonyl (C=O) groups excluding carboxylic acids is 3. The van der Waals surface area contributed by atoms with Crippen LogP contribution >= 0.6 is 0 Å². The van der Waals surface area contributed by atoms with Crippen LogP contribution in [0.25, 0.3) is 5.65 Å². The average Bonchev–Trinajstić information content (AvgIpc) is 3.05. The van der Waals surface area contributed by atoms with Gasteiger partial charge in [0.2, 0.25) is 5.91 Å². The fourth-order valence-electron chi connectivity index (χ4n) is 2.85. The molecule has 156 valence electrons. The van der Waals surface area contributed by atoms with Crippen LogP contribution in [0.2, 0.25) is 0 Å². The summed E-state index contributed by atoms with van der Waals surface area (Å²) < 4.78 is 28.0. The van der Waals surface area contributed by atoms with Crippen LogP contribution in [0.3, 0.4) is 0 Å². The number of amides is 3. The minimum absolute atomic E-state index is 0.0125. The van der Waals surface area contributed by atoms with Crippen molar-refractivity contribution in [2.75, 3.05) is 6.54 Å². The first-order valence-electron chi connectivity index (χ1n) is 9.13. The zero-order valence-corrected chi connectivity index (χ0v) is 16.0. The molecule has 3 aromatic rings. The van der Waals surface area contributed by atoms with E-state index in [1.807, 2.05) is 0 Å². The molecule has 10 heteroatoms. The Balaban J connectivity index is 1.43. The first-order valence-corrected chi connectivity index (χ1v) is 9.13. The van der Waals surface area contributed by atoms with Crippen LogP contribution in [0.5, 0.6) is 0 Å². The van der Waals surface area contributed by atoms with Crippen LogP contribution in [0, 0.1) is 18.6 Å². The maximum atomic E-state index is 13.5. The lowest BCUT2D eigenvalue weighted by atomic mass is 10.2. The summed E-state index contributed by atoms with van der Waals surface area (Å²) in [6, 6.07) is 7.97. The van der Waals surface area contributed by atoms with Crippen molar-refractivity contribution in [1.29, 1.82) is 0 Å². The molecule has 0 atom stereocenters. The molecule has 0 aliphatic heterocycles. The fourth-order valence-corrected chi connectivity index (χ4v) is 2.85. The van der Waals surface area contributed by atoms with Gasteiger partial charge in [0.15, 0.2) is 0 Å². The summed E-state index contributed by atoms with van der Waals surface area (Å²) in [5.41, 5.74) is 5.79. The largest absolute Gasteiger partial charge is 0.352 e. The molecule has 1 aromatic carbocycles. The van der Waals surface area contributed by atoms with Crippen LogP contribution in [-0.2, 0) is 4.79 Å². The maximum absolute atomic E-state index is 13.5. The van der Waals surface area contributed by atoms with E-state index in [1.165, 1.54) is 0 Å². The first-order chi connectivity index (χ1) is 14.4. The van der Waals surface area contributed by atoms with E-state index in [-0.39, 0.29) is 24.9 Å². The molecule has 2 aromatic heterocycles. The molecule has 0 radical (unpaired) electrons. The summed E-state index contributed by atoms with van der Waals surface area (Å²) in [7, 11) is 0. The maximum Gasteiger partial charge on any atom is 0.288 e. The van der Waals surface area contributed by atoms with Gasteiger partial charge >= 0.3 is 0 Å². The molecule has 0 bridgehead atoms. The minimum Gasteiger partial charge on any atom is -0.352 e. The van der Waals surface area contributed by atoms with Gasteiger partial charge in [0, 0.05) is 25.2 Å². The lowest BCUT2D eigenvalue weighted by Crippen LogP contribution is -2.42. The van der Waals surface area contributed by atoms with Gasteiger partial charge < -0.3 is 5.32 Å². The van der Waals surface area contributed by atoms with Crippen molar-refractivity contribution in [2.24, 2.45) is 0 Å². The Kier molecular flexibility index (Phi) is 6.35. The lowest BCUT2D eigenvalue weighted by Gasteiger charge is -2.09. The van der Waals surface area contributed by atoms with Crippen molar-refractivity contribution in [2.45, 2.75) is 19.8 Å². The Labute approximate surface area is 170 Å². The van der Waals surface area contributed by atoms with E-state index < -0.39 is 29.4 Å². The summed E-state index contributed by atoms with van der Waals surface area (Å²) in [6.07, 6.45) is 1.96. The molecule has 0 unspecified atom stereocenters. The third-order valence-corrected chi connectivity index (χ3v) is 4.28. The van der Waals surface area contributed by atoms with E-state index in [2.05, 4.69) is 21.2 Å². The van der Waals surface area contributed by atoms with Crippen molar-refractivity contribution in [1.82, 2.24) is 25.6 Å². The molecule has 0 saturated carbocycles. The summed E-state index contributed by atoms with van der Waals surface area (Å²) in [5.74, 6) is -3.42. The van der Waals surface area contributed by atoms with Crippen LogP contribution in [0.1, 0.15) is 39.4 Å². The third-order valence-electron chi connectivity index (χ3n) is 4.28. The number of halogens is 2. The van der Waals surface area contributed by atoms with Gasteiger partial charge in [-0.25, -0.2) is 13.8 Å². The molecule has 0 aliphatic carbocycles. The molecule has 0 fully saturated rings. The molecule has 0 saturated heterocycles. The van der Waals surface area contributed by atoms with Crippen molar-refractivity contribution < 1.29 is 23.2 Å². The van der Waals surface area contributed by atoms with Gasteiger partial charge in [-0.2, -0.15) is 0 Å². The highest BCUT2D eigenvalue weighted by Crippen LogP contribution is 2.11. The summed E-state index contributed by atoms with van der Waals surface area (Å²) in [4.78, 5) is 40.4. The van der Waals surface area contributed by atoms with Crippen molar-refractivity contribution in [3.05, 3.63) is 71.2 Å². The van der Waals surface area contributed by atoms with Gasteiger partial charge in [-0.15, -0.1) is 0 Å². The Morgan fingerprint density at radius 3 is 2.63 bits per heavy atom. The number of carbonyl (C=O) groups is 3. The monoisotopic (exact) mass is 415 g/mol. The topological polar surface area (TPSA) is 105 Å². The van der Waals surface area contributed by atoms with E-state index in [0.29, 0.717) is 23.1 Å². The van der Waals surface area contributed by atoms with Gasteiger partial charge in [0.25, 0.3) is 11.8 Å². The van der Waals surface area contributed by atoms with Crippen molar-refractivity contribution >= 4 is 23.4 Å². The molecule has 2 heterocycles. The Hall–Kier alpha value is -3.82. The van der Waals surface area contributed by atoms with E-state index in [1.54, 1.807) is 35.7 Å². The van der Waals surface area contributed by atoms with E-state index in [4.69, 9.17) is 0 Å². The molecular formula is C20H19F2N5O3. The smallest absolute Gasteiger partial charge is 0.288 e. The molecular weight excluding hydrogens is 396 g/mol. The third kappa shape index (κ3) is 4.77. The van der Waals surface area contributed by atoms with Gasteiger partial charge in [0.05, 0.1) is 11.3 Å². The number of nitrogens with zero attached hydrogens (tertiary/aromatic N) is 2. The highest BCUT2D eigenvalue weighted by atomic mass is 19.1. The van der Waals surface area contributed by atoms with Gasteiger partial charge in [-0.1, -0.05) is 6.07 Å². The zero-order valence-electron chi connectivity index (χ0n) is 16.0. The minimum atomic E-state index is -0.962.